The molecule has 1 aromatic heterocycles. The summed E-state index contributed by atoms with van der Waals surface area (Å²) < 4.78 is 2.17. The Morgan fingerprint density at radius 1 is 1.24 bits per heavy atom. The summed E-state index contributed by atoms with van der Waals surface area (Å²) in [5.74, 6) is 1.11. The molecular weight excluding hydrogens is 210 g/mol. The van der Waals surface area contributed by atoms with Crippen LogP contribution in [0.2, 0.25) is 0 Å². The molecule has 1 N–H and O–H groups in total. The third-order valence-corrected chi connectivity index (χ3v) is 2.85. The third-order valence-electron chi connectivity index (χ3n) is 2.85. The first-order chi connectivity index (χ1) is 8.36. The zero-order valence-electron chi connectivity index (χ0n) is 10.5. The number of nitrogens with one attached hydrogen (secondary N) is 1. The van der Waals surface area contributed by atoms with Gasteiger partial charge in [-0.1, -0.05) is 32.0 Å². The Kier molecular flexibility index (Phi) is 3.94. The van der Waals surface area contributed by atoms with Crippen molar-refractivity contribution in [1.82, 2.24) is 14.9 Å². The maximum absolute atomic E-state index is 4.38. The first-order valence-corrected chi connectivity index (χ1v) is 6.18. The summed E-state index contributed by atoms with van der Waals surface area (Å²) >= 11 is 0. The van der Waals surface area contributed by atoms with Gasteiger partial charge < -0.3 is 9.88 Å². The van der Waals surface area contributed by atoms with Gasteiger partial charge >= 0.3 is 0 Å². The van der Waals surface area contributed by atoms with E-state index in [4.69, 9.17) is 0 Å². The molecule has 2 aromatic rings. The van der Waals surface area contributed by atoms with E-state index in [1.165, 1.54) is 11.3 Å². The molecule has 3 nitrogen and oxygen atoms in total. The summed E-state index contributed by atoms with van der Waals surface area (Å²) in [4.78, 5) is 4.38. The maximum Gasteiger partial charge on any atom is 0.112 e. The molecule has 0 aliphatic heterocycles. The number of nitrogens with zero attached hydrogens (tertiary/aromatic N) is 2. The van der Waals surface area contributed by atoms with E-state index in [0.29, 0.717) is 0 Å². The van der Waals surface area contributed by atoms with Gasteiger partial charge in [0.25, 0.3) is 0 Å². The second-order valence-electron chi connectivity index (χ2n) is 3.98. The highest BCUT2D eigenvalue weighted by atomic mass is 15.1. The zero-order chi connectivity index (χ0) is 12.1. The molecular formula is C14H19N3. The van der Waals surface area contributed by atoms with Crippen LogP contribution in [0.4, 0.5) is 0 Å². The maximum atomic E-state index is 4.38. The fraction of sp³-hybridized carbons (Fsp3) is 0.357. The second kappa shape index (κ2) is 5.64. The number of imidazole rings is 1. The lowest BCUT2D eigenvalue weighted by Gasteiger charge is -2.12. The molecule has 17 heavy (non-hydrogen) atoms. The van der Waals surface area contributed by atoms with E-state index in [2.05, 4.69) is 53.0 Å². The lowest BCUT2D eigenvalue weighted by Crippen LogP contribution is -2.14. The largest absolute Gasteiger partial charge is 0.313 e. The Morgan fingerprint density at radius 2 is 2.06 bits per heavy atom. The van der Waals surface area contributed by atoms with Crippen molar-refractivity contribution < 1.29 is 0 Å². The summed E-state index contributed by atoms with van der Waals surface area (Å²) in [6, 6.07) is 8.47. The van der Waals surface area contributed by atoms with Crippen LogP contribution in [0.5, 0.6) is 0 Å². The first-order valence-electron chi connectivity index (χ1n) is 6.18. The van der Waals surface area contributed by atoms with E-state index in [0.717, 1.165) is 25.3 Å². The monoisotopic (exact) mass is 229 g/mol. The van der Waals surface area contributed by atoms with Gasteiger partial charge in [0.15, 0.2) is 0 Å². The van der Waals surface area contributed by atoms with Crippen molar-refractivity contribution in [1.29, 1.82) is 0 Å². The normalized spacial score (nSPS) is 10.7. The van der Waals surface area contributed by atoms with Crippen molar-refractivity contribution >= 4 is 0 Å². The van der Waals surface area contributed by atoms with E-state index in [1.54, 1.807) is 0 Å². The van der Waals surface area contributed by atoms with Crippen LogP contribution in [0.15, 0.2) is 36.7 Å². The summed E-state index contributed by atoms with van der Waals surface area (Å²) in [6.07, 6.45) is 4.84. The van der Waals surface area contributed by atoms with Crippen LogP contribution in [-0.4, -0.2) is 16.1 Å². The average Bonchev–Trinajstić information content (AvgIpc) is 2.84. The predicted molar refractivity (Wildman–Crippen MR) is 70.3 cm³/mol. The Balaban J connectivity index is 2.37. The van der Waals surface area contributed by atoms with Gasteiger partial charge in [-0.25, -0.2) is 4.98 Å². The molecule has 0 aliphatic rings. The molecule has 0 spiro atoms. The Hall–Kier alpha value is -1.61. The Bertz CT molecular complexity index is 474. The average molecular weight is 229 g/mol. The Morgan fingerprint density at radius 3 is 2.82 bits per heavy atom. The standard InChI is InChI=1S/C14H19N3/c1-3-14-16-9-10-17(14)13-8-6-5-7-12(13)11-15-4-2/h5-10,15H,3-4,11H2,1-2H3. The minimum absolute atomic E-state index is 0.897. The molecule has 0 radical (unpaired) electrons. The number of para-hydroxylation sites is 1. The van der Waals surface area contributed by atoms with Crippen molar-refractivity contribution in [2.45, 2.75) is 26.8 Å². The summed E-state index contributed by atoms with van der Waals surface area (Å²) in [6.45, 7) is 6.13. The van der Waals surface area contributed by atoms with Crippen molar-refractivity contribution in [3.8, 4) is 5.69 Å². The summed E-state index contributed by atoms with van der Waals surface area (Å²) in [7, 11) is 0. The molecule has 0 amide bonds. The Labute approximate surface area is 103 Å². The highest BCUT2D eigenvalue weighted by molar-refractivity contribution is 5.42. The topological polar surface area (TPSA) is 29.9 Å². The van der Waals surface area contributed by atoms with Crippen LogP contribution >= 0.6 is 0 Å². The molecule has 1 heterocycles. The highest BCUT2D eigenvalue weighted by Gasteiger charge is 2.06. The van der Waals surface area contributed by atoms with Crippen molar-refractivity contribution in [2.24, 2.45) is 0 Å². The van der Waals surface area contributed by atoms with Gasteiger partial charge in [0.1, 0.15) is 5.82 Å². The number of benzene rings is 1. The number of aromatic nitrogens is 2. The van der Waals surface area contributed by atoms with E-state index in [-0.39, 0.29) is 0 Å². The molecule has 0 aliphatic carbocycles. The quantitative estimate of drug-likeness (QED) is 0.854. The van der Waals surface area contributed by atoms with Crippen molar-refractivity contribution in [3.05, 3.63) is 48.0 Å². The lowest BCUT2D eigenvalue weighted by molar-refractivity contribution is 0.720. The fourth-order valence-electron chi connectivity index (χ4n) is 1.97. The SMILES string of the molecule is CCNCc1ccccc1-n1ccnc1CC. The van der Waals surface area contributed by atoms with Crippen LogP contribution in [0.25, 0.3) is 5.69 Å². The van der Waals surface area contributed by atoms with Crippen molar-refractivity contribution in [2.75, 3.05) is 6.54 Å². The second-order valence-corrected chi connectivity index (χ2v) is 3.98. The van der Waals surface area contributed by atoms with Gasteiger partial charge in [-0.3, -0.25) is 0 Å². The number of aryl methyl sites for hydroxylation is 1. The highest BCUT2D eigenvalue weighted by Crippen LogP contribution is 2.16. The summed E-state index contributed by atoms with van der Waals surface area (Å²) in [5, 5.41) is 3.37. The van der Waals surface area contributed by atoms with Crippen LogP contribution in [0, 0.1) is 0 Å². The molecule has 3 heteroatoms. The molecule has 2 rings (SSSR count). The van der Waals surface area contributed by atoms with Gasteiger partial charge in [0.05, 0.1) is 5.69 Å². The third kappa shape index (κ3) is 2.56. The van der Waals surface area contributed by atoms with E-state index in [1.807, 2.05) is 12.4 Å². The van der Waals surface area contributed by atoms with E-state index >= 15 is 0 Å². The molecule has 0 bridgehead atoms. The van der Waals surface area contributed by atoms with Gasteiger partial charge in [-0.05, 0) is 18.2 Å². The molecule has 0 atom stereocenters. The van der Waals surface area contributed by atoms with Gasteiger partial charge in [0.2, 0.25) is 0 Å². The molecule has 0 saturated carbocycles. The minimum Gasteiger partial charge on any atom is -0.313 e. The predicted octanol–water partition coefficient (Wildman–Crippen LogP) is 2.54. The fourth-order valence-corrected chi connectivity index (χ4v) is 1.97. The zero-order valence-corrected chi connectivity index (χ0v) is 10.5. The van der Waals surface area contributed by atoms with Crippen molar-refractivity contribution in [3.63, 3.8) is 0 Å². The van der Waals surface area contributed by atoms with Crippen LogP contribution in [0.3, 0.4) is 0 Å². The van der Waals surface area contributed by atoms with Gasteiger partial charge in [0, 0.05) is 25.4 Å². The van der Waals surface area contributed by atoms with Gasteiger partial charge in [-0.15, -0.1) is 0 Å². The molecule has 0 unspecified atom stereocenters. The molecule has 0 saturated heterocycles. The smallest absolute Gasteiger partial charge is 0.112 e. The molecule has 1 aromatic carbocycles. The van der Waals surface area contributed by atoms with Crippen LogP contribution in [-0.2, 0) is 13.0 Å². The number of rotatable bonds is 5. The summed E-state index contributed by atoms with van der Waals surface area (Å²) in [5.41, 5.74) is 2.53. The molecule has 0 fully saturated rings. The number of hydrogen-bond acceptors (Lipinski definition) is 2. The van der Waals surface area contributed by atoms with Gasteiger partial charge in [-0.2, -0.15) is 0 Å². The van der Waals surface area contributed by atoms with E-state index < -0.39 is 0 Å². The lowest BCUT2D eigenvalue weighted by atomic mass is 10.1. The van der Waals surface area contributed by atoms with Crippen LogP contribution < -0.4 is 5.32 Å². The van der Waals surface area contributed by atoms with Crippen LogP contribution in [0.1, 0.15) is 25.2 Å². The van der Waals surface area contributed by atoms with E-state index in [9.17, 15) is 0 Å². The molecule has 90 valence electrons. The minimum atomic E-state index is 0.897. The first kappa shape index (κ1) is 11.9. The number of hydrogen-bond donors (Lipinski definition) is 1.